The number of allylic oxidation sites excluding steroid dienone is 4. The van der Waals surface area contributed by atoms with Gasteiger partial charge in [0, 0.05) is 5.92 Å². The van der Waals surface area contributed by atoms with E-state index in [0.29, 0.717) is 25.0 Å². The van der Waals surface area contributed by atoms with Crippen LogP contribution >= 0.6 is 0 Å². The number of rotatable bonds is 13. The lowest BCUT2D eigenvalue weighted by atomic mass is 9.73. The summed E-state index contributed by atoms with van der Waals surface area (Å²) in [5, 5.41) is 10.3. The van der Waals surface area contributed by atoms with Gasteiger partial charge in [0.05, 0.1) is 19.3 Å². The molecule has 2 saturated carbocycles. The van der Waals surface area contributed by atoms with E-state index in [-0.39, 0.29) is 47.9 Å². The Kier molecular flexibility index (Phi) is 11.8. The molecule has 1 aromatic carbocycles. The number of benzene rings is 1. The van der Waals surface area contributed by atoms with Gasteiger partial charge in [0.25, 0.3) is 0 Å². The van der Waals surface area contributed by atoms with Crippen molar-refractivity contribution in [1.82, 2.24) is 0 Å². The summed E-state index contributed by atoms with van der Waals surface area (Å²) in [6, 6.07) is 3.18. The fourth-order valence-corrected chi connectivity index (χ4v) is 6.92. The molecule has 4 rings (SSSR count). The number of unbranched alkanes of at least 4 members (excludes halogenated alkanes) is 1. The maximum Gasteiger partial charge on any atom is 0.200 e. The molecular formula is C34H46F4O3. The Labute approximate surface area is 242 Å². The highest BCUT2D eigenvalue weighted by Crippen LogP contribution is 2.44. The van der Waals surface area contributed by atoms with Crippen LogP contribution in [0.1, 0.15) is 102 Å². The second-order valence-electron chi connectivity index (χ2n) is 12.2. The minimum absolute atomic E-state index is 0.00336. The highest BCUT2D eigenvalue weighted by Gasteiger charge is 2.35. The summed E-state index contributed by atoms with van der Waals surface area (Å²) >= 11 is 0. The normalized spacial score (nSPS) is 27.8. The van der Waals surface area contributed by atoms with E-state index >= 15 is 4.39 Å². The molecule has 3 aliphatic carbocycles. The van der Waals surface area contributed by atoms with E-state index in [0.717, 1.165) is 70.6 Å². The minimum Gasteiger partial charge on any atom is -0.491 e. The van der Waals surface area contributed by atoms with Crippen LogP contribution in [-0.4, -0.2) is 24.4 Å². The zero-order valence-electron chi connectivity index (χ0n) is 24.4. The van der Waals surface area contributed by atoms with E-state index in [2.05, 4.69) is 13.5 Å². The van der Waals surface area contributed by atoms with Crippen LogP contribution in [0.5, 0.6) is 5.75 Å². The van der Waals surface area contributed by atoms with E-state index in [1.807, 2.05) is 0 Å². The highest BCUT2D eigenvalue weighted by molar-refractivity contribution is 5.33. The van der Waals surface area contributed by atoms with Crippen LogP contribution in [0.3, 0.4) is 0 Å². The summed E-state index contributed by atoms with van der Waals surface area (Å²) < 4.78 is 70.7. The van der Waals surface area contributed by atoms with Gasteiger partial charge in [0.1, 0.15) is 5.83 Å². The second kappa shape index (κ2) is 15.3. The predicted octanol–water partition coefficient (Wildman–Crippen LogP) is 9.62. The van der Waals surface area contributed by atoms with E-state index in [1.54, 1.807) is 18.2 Å². The molecule has 1 N–H and O–H groups in total. The molecule has 0 saturated heterocycles. The summed E-state index contributed by atoms with van der Waals surface area (Å²) in [6.45, 7) is 6.29. The Morgan fingerprint density at radius 1 is 0.976 bits per heavy atom. The first-order valence-corrected chi connectivity index (χ1v) is 15.6. The largest absolute Gasteiger partial charge is 0.491 e. The van der Waals surface area contributed by atoms with Gasteiger partial charge in [-0.25, -0.2) is 13.2 Å². The van der Waals surface area contributed by atoms with Gasteiger partial charge in [-0.3, -0.25) is 0 Å². The van der Waals surface area contributed by atoms with Crippen molar-refractivity contribution in [3.05, 3.63) is 65.5 Å². The van der Waals surface area contributed by atoms with Crippen LogP contribution in [0.2, 0.25) is 0 Å². The number of hydrogen-bond donors (Lipinski definition) is 1. The maximum atomic E-state index is 15.1. The van der Waals surface area contributed by atoms with Crippen molar-refractivity contribution < 1.29 is 32.1 Å². The Bertz CT molecular complexity index is 1070. The smallest absolute Gasteiger partial charge is 0.200 e. The van der Waals surface area contributed by atoms with Crippen molar-refractivity contribution in [3.8, 4) is 5.75 Å². The summed E-state index contributed by atoms with van der Waals surface area (Å²) in [7, 11) is 0. The van der Waals surface area contributed by atoms with Gasteiger partial charge in [-0.15, -0.1) is 6.58 Å². The van der Waals surface area contributed by atoms with E-state index in [4.69, 9.17) is 9.47 Å². The lowest BCUT2D eigenvalue weighted by Crippen LogP contribution is -2.26. The number of aliphatic hydroxyl groups is 1. The molecule has 3 nitrogen and oxygen atoms in total. The number of halogens is 4. The molecular weight excluding hydrogens is 532 g/mol. The molecule has 0 amide bonds. The third-order valence-corrected chi connectivity index (χ3v) is 9.47. The number of aliphatic hydroxyl groups excluding tert-OH is 1. The van der Waals surface area contributed by atoms with Gasteiger partial charge in [-0.05, 0) is 118 Å². The molecule has 0 spiro atoms. The van der Waals surface area contributed by atoms with Gasteiger partial charge in [-0.2, -0.15) is 4.39 Å². The topological polar surface area (TPSA) is 38.7 Å². The van der Waals surface area contributed by atoms with Gasteiger partial charge in [0.15, 0.2) is 23.2 Å². The Morgan fingerprint density at radius 3 is 2.39 bits per heavy atom. The zero-order valence-corrected chi connectivity index (χ0v) is 24.4. The Hall–Kier alpha value is -2.28. The van der Waals surface area contributed by atoms with Crippen LogP contribution in [0.4, 0.5) is 17.6 Å². The third kappa shape index (κ3) is 7.97. The SMILES string of the molecule is C=CCCCOC1=CCC(C2CCC(COc3ccc(C4CCC(C(O)CCC)CC4)c(F)c3F)CC2)C(F)=C1F. The van der Waals surface area contributed by atoms with E-state index in [9.17, 15) is 18.3 Å². The van der Waals surface area contributed by atoms with Crippen molar-refractivity contribution in [2.75, 3.05) is 13.2 Å². The monoisotopic (exact) mass is 578 g/mol. The number of ether oxygens (including phenoxy) is 2. The van der Waals surface area contributed by atoms with Crippen molar-refractivity contribution in [3.63, 3.8) is 0 Å². The fourth-order valence-electron chi connectivity index (χ4n) is 6.92. The maximum absolute atomic E-state index is 15.1. The molecule has 3 aliphatic rings. The molecule has 7 heteroatoms. The summed E-state index contributed by atoms with van der Waals surface area (Å²) in [5.74, 6) is -3.55. The average Bonchev–Trinajstić information content (AvgIpc) is 2.99. The van der Waals surface area contributed by atoms with Crippen LogP contribution in [-0.2, 0) is 4.74 Å². The summed E-state index contributed by atoms with van der Waals surface area (Å²) in [5.41, 5.74) is 0.396. The van der Waals surface area contributed by atoms with Crippen LogP contribution in [0.25, 0.3) is 0 Å². The highest BCUT2D eigenvalue weighted by atomic mass is 19.2. The third-order valence-electron chi connectivity index (χ3n) is 9.47. The van der Waals surface area contributed by atoms with Crippen LogP contribution < -0.4 is 4.74 Å². The molecule has 0 aromatic heterocycles. The van der Waals surface area contributed by atoms with Crippen molar-refractivity contribution in [2.24, 2.45) is 23.7 Å². The predicted molar refractivity (Wildman–Crippen MR) is 154 cm³/mol. The first kappa shape index (κ1) is 31.7. The molecule has 0 heterocycles. The van der Waals surface area contributed by atoms with E-state index in [1.165, 1.54) is 6.07 Å². The molecule has 2 atom stereocenters. The van der Waals surface area contributed by atoms with Crippen molar-refractivity contribution >= 4 is 0 Å². The standard InChI is InChI=1S/C34H46F4O3/c1-3-5-6-20-40-29-18-16-26(31(35)33(29)37)23-10-8-22(9-11-23)21-41-30-19-17-27(32(36)34(30)38)24-12-14-25(15-13-24)28(39)7-4-2/h3,17-19,22-26,28,39H,1,4-16,20-21H2,2H3. The van der Waals surface area contributed by atoms with Gasteiger partial charge in [0.2, 0.25) is 5.82 Å². The molecule has 2 fully saturated rings. The number of hydrogen-bond acceptors (Lipinski definition) is 3. The van der Waals surface area contributed by atoms with Gasteiger partial charge >= 0.3 is 0 Å². The van der Waals surface area contributed by atoms with Gasteiger partial charge < -0.3 is 14.6 Å². The Balaban J connectivity index is 1.24. The Morgan fingerprint density at radius 2 is 1.71 bits per heavy atom. The molecule has 41 heavy (non-hydrogen) atoms. The zero-order chi connectivity index (χ0) is 29.4. The molecule has 0 radical (unpaired) electrons. The first-order valence-electron chi connectivity index (χ1n) is 15.6. The lowest BCUT2D eigenvalue weighted by molar-refractivity contribution is 0.0727. The molecule has 1 aromatic rings. The quantitative estimate of drug-likeness (QED) is 0.144. The fraction of sp³-hybridized carbons (Fsp3) is 0.647. The summed E-state index contributed by atoms with van der Waals surface area (Å²) in [6.07, 6.45) is 12.8. The van der Waals surface area contributed by atoms with Crippen LogP contribution in [0.15, 0.2) is 48.3 Å². The first-order chi connectivity index (χ1) is 19.8. The van der Waals surface area contributed by atoms with Crippen LogP contribution in [0, 0.1) is 35.3 Å². The lowest BCUT2D eigenvalue weighted by Gasteiger charge is -2.34. The van der Waals surface area contributed by atoms with Crippen molar-refractivity contribution in [2.45, 2.75) is 102 Å². The minimum atomic E-state index is -0.941. The molecule has 228 valence electrons. The molecule has 0 aliphatic heterocycles. The van der Waals surface area contributed by atoms with Crippen molar-refractivity contribution in [1.29, 1.82) is 0 Å². The molecule has 2 unspecified atom stereocenters. The summed E-state index contributed by atoms with van der Waals surface area (Å²) in [4.78, 5) is 0. The molecule has 0 bridgehead atoms. The second-order valence-corrected chi connectivity index (χ2v) is 12.2. The van der Waals surface area contributed by atoms with Gasteiger partial charge in [-0.1, -0.05) is 25.5 Å². The average molecular weight is 579 g/mol. The van der Waals surface area contributed by atoms with E-state index < -0.39 is 29.2 Å².